The van der Waals surface area contributed by atoms with Crippen molar-refractivity contribution in [3.63, 3.8) is 0 Å². The molecule has 1 nitrogen and oxygen atoms in total. The molecule has 11 aromatic carbocycles. The van der Waals surface area contributed by atoms with E-state index < -0.39 is 0 Å². The third kappa shape index (κ3) is 6.82. The van der Waals surface area contributed by atoms with Crippen molar-refractivity contribution in [2.75, 3.05) is 4.90 Å². The minimum absolute atomic E-state index is 1.08. The predicted octanol–water partition coefficient (Wildman–Crippen LogP) is 18.2. The first-order chi connectivity index (χ1) is 31.7. The maximum absolute atomic E-state index is 2.44. The Balaban J connectivity index is 1.00. The topological polar surface area (TPSA) is 3.24 Å². The lowest BCUT2D eigenvalue weighted by Crippen LogP contribution is -2.11. The molecule has 12 rings (SSSR count). The van der Waals surface area contributed by atoms with E-state index >= 15 is 0 Å². The number of nitrogens with zero attached hydrogens (tertiary/aromatic N) is 1. The molecule has 64 heavy (non-hydrogen) atoms. The molecule has 0 atom stereocenters. The zero-order valence-electron chi connectivity index (χ0n) is 35.0. The molecule has 0 amide bonds. The maximum atomic E-state index is 2.44. The first kappa shape index (κ1) is 37.7. The van der Waals surface area contributed by atoms with Gasteiger partial charge in [-0.05, 0) is 120 Å². The van der Waals surface area contributed by atoms with Crippen LogP contribution in [0.4, 0.5) is 17.1 Å². The number of thiophene rings is 1. The van der Waals surface area contributed by atoms with Crippen LogP contribution >= 0.6 is 11.3 Å². The standard InChI is InChI=1S/C62H41NS/c1-2-14-45(15-3-1)56-38-33-50(49-28-27-42-13-4-5-17-47(42)39-49)41-60(56)63(53-36-31-46(32-37-53)57-24-12-25-59-58-22-8-9-26-61(58)64-62(57)59)52-34-29-43(30-35-52)48-19-10-20-51(40-48)55-23-11-18-44-16-6-7-21-54(44)55/h1-41H. The fourth-order valence-electron chi connectivity index (χ4n) is 9.47. The average molecular weight is 832 g/mol. The fourth-order valence-corrected chi connectivity index (χ4v) is 10.7. The lowest BCUT2D eigenvalue weighted by molar-refractivity contribution is 1.28. The van der Waals surface area contributed by atoms with Crippen LogP contribution in [0.2, 0.25) is 0 Å². The molecule has 2 heteroatoms. The summed E-state index contributed by atoms with van der Waals surface area (Å²) in [4.78, 5) is 2.44. The molecule has 0 aliphatic rings. The van der Waals surface area contributed by atoms with Crippen molar-refractivity contribution < 1.29 is 0 Å². The number of rotatable bonds is 8. The lowest BCUT2D eigenvalue weighted by atomic mass is 9.94. The van der Waals surface area contributed by atoms with E-state index in [-0.39, 0.29) is 0 Å². The van der Waals surface area contributed by atoms with Crippen molar-refractivity contribution in [3.8, 4) is 55.6 Å². The normalized spacial score (nSPS) is 11.4. The fraction of sp³-hybridized carbons (Fsp3) is 0. The van der Waals surface area contributed by atoms with Gasteiger partial charge in [0.15, 0.2) is 0 Å². The highest BCUT2D eigenvalue weighted by Crippen LogP contribution is 2.45. The molecule has 12 aromatic rings. The summed E-state index contributed by atoms with van der Waals surface area (Å²) in [6.07, 6.45) is 0. The summed E-state index contributed by atoms with van der Waals surface area (Å²) < 4.78 is 2.64. The Morgan fingerprint density at radius 1 is 0.266 bits per heavy atom. The van der Waals surface area contributed by atoms with Crippen molar-refractivity contribution in [1.82, 2.24) is 0 Å². The second-order valence-electron chi connectivity index (χ2n) is 16.5. The quantitative estimate of drug-likeness (QED) is 0.147. The highest BCUT2D eigenvalue weighted by molar-refractivity contribution is 7.26. The molecule has 0 spiro atoms. The molecular weight excluding hydrogens is 791 g/mol. The van der Waals surface area contributed by atoms with E-state index in [9.17, 15) is 0 Å². The predicted molar refractivity (Wildman–Crippen MR) is 276 cm³/mol. The van der Waals surface area contributed by atoms with Gasteiger partial charge in [0.25, 0.3) is 0 Å². The second-order valence-corrected chi connectivity index (χ2v) is 17.5. The van der Waals surface area contributed by atoms with E-state index in [2.05, 4.69) is 254 Å². The molecule has 0 radical (unpaired) electrons. The van der Waals surface area contributed by atoms with E-state index in [0.717, 1.165) is 22.6 Å². The Morgan fingerprint density at radius 3 is 1.62 bits per heavy atom. The van der Waals surface area contributed by atoms with Crippen LogP contribution in [-0.4, -0.2) is 0 Å². The Labute approximate surface area is 377 Å². The third-order valence-electron chi connectivity index (χ3n) is 12.7. The van der Waals surface area contributed by atoms with Crippen LogP contribution in [0.25, 0.3) is 97.4 Å². The van der Waals surface area contributed by atoms with Gasteiger partial charge in [-0.3, -0.25) is 0 Å². The second kappa shape index (κ2) is 16.0. The average Bonchev–Trinajstić information content (AvgIpc) is 3.76. The molecule has 0 aliphatic heterocycles. The van der Waals surface area contributed by atoms with E-state index in [1.165, 1.54) is 91.8 Å². The van der Waals surface area contributed by atoms with E-state index in [0.29, 0.717) is 0 Å². The maximum Gasteiger partial charge on any atom is 0.0546 e. The molecule has 1 aromatic heterocycles. The van der Waals surface area contributed by atoms with E-state index in [1.807, 2.05) is 11.3 Å². The number of anilines is 3. The summed E-state index contributed by atoms with van der Waals surface area (Å²) in [5.74, 6) is 0. The molecule has 0 aliphatic carbocycles. The van der Waals surface area contributed by atoms with Crippen molar-refractivity contribution >= 4 is 70.1 Å². The summed E-state index contributed by atoms with van der Waals surface area (Å²) in [6.45, 7) is 0. The van der Waals surface area contributed by atoms with Gasteiger partial charge >= 0.3 is 0 Å². The van der Waals surface area contributed by atoms with Gasteiger partial charge < -0.3 is 4.90 Å². The van der Waals surface area contributed by atoms with Crippen LogP contribution in [0.1, 0.15) is 0 Å². The van der Waals surface area contributed by atoms with Crippen LogP contribution < -0.4 is 4.90 Å². The van der Waals surface area contributed by atoms with Gasteiger partial charge in [-0.2, -0.15) is 0 Å². The first-order valence-electron chi connectivity index (χ1n) is 21.9. The minimum Gasteiger partial charge on any atom is -0.310 e. The van der Waals surface area contributed by atoms with Crippen molar-refractivity contribution in [3.05, 3.63) is 249 Å². The van der Waals surface area contributed by atoms with Gasteiger partial charge in [-0.25, -0.2) is 0 Å². The summed E-state index contributed by atoms with van der Waals surface area (Å²) in [6, 6.07) is 91.0. The third-order valence-corrected chi connectivity index (χ3v) is 13.9. The zero-order valence-corrected chi connectivity index (χ0v) is 35.8. The van der Waals surface area contributed by atoms with Crippen molar-refractivity contribution in [2.24, 2.45) is 0 Å². The van der Waals surface area contributed by atoms with Crippen LogP contribution in [-0.2, 0) is 0 Å². The summed E-state index contributed by atoms with van der Waals surface area (Å²) in [5, 5.41) is 7.61. The summed E-state index contributed by atoms with van der Waals surface area (Å²) >= 11 is 1.88. The molecule has 0 saturated carbocycles. The van der Waals surface area contributed by atoms with Gasteiger partial charge in [-0.15, -0.1) is 11.3 Å². The molecular formula is C62H41NS. The van der Waals surface area contributed by atoms with Crippen LogP contribution in [0.5, 0.6) is 0 Å². The largest absolute Gasteiger partial charge is 0.310 e. The number of fused-ring (bicyclic) bond motifs is 5. The zero-order chi connectivity index (χ0) is 42.4. The lowest BCUT2D eigenvalue weighted by Gasteiger charge is -2.29. The van der Waals surface area contributed by atoms with E-state index in [1.54, 1.807) is 0 Å². The molecule has 0 bridgehead atoms. The van der Waals surface area contributed by atoms with Crippen LogP contribution in [0.3, 0.4) is 0 Å². The van der Waals surface area contributed by atoms with Gasteiger partial charge in [0, 0.05) is 37.1 Å². The Hall–Kier alpha value is -8.04. The number of hydrogen-bond acceptors (Lipinski definition) is 2. The Kier molecular flexibility index (Phi) is 9.43. The molecule has 0 N–H and O–H groups in total. The molecule has 0 saturated heterocycles. The highest BCUT2D eigenvalue weighted by atomic mass is 32.1. The SMILES string of the molecule is c1ccc(-c2ccc(-c3ccc4ccccc4c3)cc2N(c2ccc(-c3cccc(-c4cccc5ccccc45)c3)cc2)c2ccc(-c3cccc4c3sc3ccccc34)cc2)cc1. The van der Waals surface area contributed by atoms with Gasteiger partial charge in [0.05, 0.1) is 5.69 Å². The molecule has 300 valence electrons. The summed E-state index contributed by atoms with van der Waals surface area (Å²) in [7, 11) is 0. The van der Waals surface area contributed by atoms with Crippen LogP contribution in [0, 0.1) is 0 Å². The van der Waals surface area contributed by atoms with Crippen molar-refractivity contribution in [1.29, 1.82) is 0 Å². The van der Waals surface area contributed by atoms with Gasteiger partial charge in [0.2, 0.25) is 0 Å². The van der Waals surface area contributed by atoms with Gasteiger partial charge in [-0.1, -0.05) is 200 Å². The number of benzene rings is 11. The van der Waals surface area contributed by atoms with Gasteiger partial charge in [0.1, 0.15) is 0 Å². The van der Waals surface area contributed by atoms with Crippen molar-refractivity contribution in [2.45, 2.75) is 0 Å². The molecule has 1 heterocycles. The minimum atomic E-state index is 1.08. The van der Waals surface area contributed by atoms with E-state index in [4.69, 9.17) is 0 Å². The van der Waals surface area contributed by atoms with Crippen LogP contribution in [0.15, 0.2) is 249 Å². The first-order valence-corrected chi connectivity index (χ1v) is 22.7. The molecule has 0 fully saturated rings. The highest BCUT2D eigenvalue weighted by Gasteiger charge is 2.20. The molecule has 0 unspecified atom stereocenters. The summed E-state index contributed by atoms with van der Waals surface area (Å²) in [5.41, 5.74) is 15.3. The monoisotopic (exact) mass is 831 g/mol. The smallest absolute Gasteiger partial charge is 0.0546 e. The Bertz CT molecular complexity index is 3650. The Morgan fingerprint density at radius 2 is 0.797 bits per heavy atom. The number of hydrogen-bond donors (Lipinski definition) is 0.